The maximum absolute atomic E-state index is 13.1. The third-order valence-corrected chi connectivity index (χ3v) is 6.61. The van der Waals surface area contributed by atoms with E-state index in [2.05, 4.69) is 20.5 Å². The van der Waals surface area contributed by atoms with Crippen LogP contribution in [0.3, 0.4) is 0 Å². The zero-order valence-electron chi connectivity index (χ0n) is 20.7. The number of thiazole rings is 1. The number of aromatic nitrogens is 3. The number of carbonyl (C=O) groups is 2. The molecule has 2 heterocycles. The van der Waals surface area contributed by atoms with E-state index >= 15 is 0 Å². The molecule has 4 aromatic rings. The molecular formula is C26H27N5O5S. The molecule has 2 amide bonds. The van der Waals surface area contributed by atoms with Crippen molar-refractivity contribution < 1.29 is 23.8 Å². The molecule has 0 aliphatic carbocycles. The van der Waals surface area contributed by atoms with Gasteiger partial charge in [0.2, 0.25) is 11.8 Å². The van der Waals surface area contributed by atoms with Gasteiger partial charge in [-0.1, -0.05) is 36.4 Å². The number of ether oxygens (including phenoxy) is 1. The Kier molecular flexibility index (Phi) is 7.95. The Labute approximate surface area is 217 Å². The highest BCUT2D eigenvalue weighted by atomic mass is 32.1. The average Bonchev–Trinajstić information content (AvgIpc) is 3.54. The van der Waals surface area contributed by atoms with E-state index in [1.165, 1.54) is 18.4 Å². The molecule has 4 rings (SSSR count). The minimum atomic E-state index is -1.31. The zero-order valence-corrected chi connectivity index (χ0v) is 21.5. The van der Waals surface area contributed by atoms with Gasteiger partial charge in [0.05, 0.1) is 13.2 Å². The van der Waals surface area contributed by atoms with E-state index in [0.29, 0.717) is 17.7 Å². The van der Waals surface area contributed by atoms with Crippen molar-refractivity contribution in [1.82, 2.24) is 25.4 Å². The van der Waals surface area contributed by atoms with Crippen LogP contribution in [-0.4, -0.2) is 58.0 Å². The van der Waals surface area contributed by atoms with Gasteiger partial charge < -0.3 is 24.5 Å². The molecule has 0 radical (unpaired) electrons. The number of nitrogens with one attached hydrogen (secondary N) is 1. The fourth-order valence-corrected chi connectivity index (χ4v) is 4.83. The average molecular weight is 522 g/mol. The van der Waals surface area contributed by atoms with E-state index in [-0.39, 0.29) is 30.7 Å². The Bertz CT molecular complexity index is 1370. The summed E-state index contributed by atoms with van der Waals surface area (Å²) in [5, 5.41) is 23.3. The van der Waals surface area contributed by atoms with Gasteiger partial charge in [-0.2, -0.15) is 0 Å². The van der Waals surface area contributed by atoms with Gasteiger partial charge in [-0.25, -0.2) is 9.78 Å². The summed E-state index contributed by atoms with van der Waals surface area (Å²) >= 11 is 1.51. The van der Waals surface area contributed by atoms with E-state index < -0.39 is 11.6 Å². The van der Waals surface area contributed by atoms with Gasteiger partial charge in [-0.15, -0.1) is 21.5 Å². The predicted molar refractivity (Wildman–Crippen MR) is 137 cm³/mol. The maximum atomic E-state index is 13.1. The quantitative estimate of drug-likeness (QED) is 0.319. The second-order valence-electron chi connectivity index (χ2n) is 8.64. The van der Waals surface area contributed by atoms with Crippen LogP contribution < -0.4 is 5.32 Å². The first-order valence-corrected chi connectivity index (χ1v) is 12.3. The number of rotatable bonds is 10. The number of aryl methyl sites for hydroxylation is 1. The van der Waals surface area contributed by atoms with Gasteiger partial charge in [0.15, 0.2) is 0 Å². The molecule has 1 atom stereocenters. The summed E-state index contributed by atoms with van der Waals surface area (Å²) in [5.41, 5.74) is 1.45. The first kappa shape index (κ1) is 26.0. The third-order valence-electron chi connectivity index (χ3n) is 5.66. The number of hydrogen-bond acceptors (Lipinski definition) is 8. The molecule has 2 aromatic carbocycles. The second-order valence-corrected chi connectivity index (χ2v) is 9.59. The number of amides is 2. The molecule has 37 heavy (non-hydrogen) atoms. The summed E-state index contributed by atoms with van der Waals surface area (Å²) in [5.74, 6) is 0.0342. The highest BCUT2D eigenvalue weighted by molar-refractivity contribution is 7.09. The van der Waals surface area contributed by atoms with Crippen molar-refractivity contribution in [2.24, 2.45) is 0 Å². The van der Waals surface area contributed by atoms with Crippen LogP contribution in [0.5, 0.6) is 0 Å². The number of benzene rings is 2. The van der Waals surface area contributed by atoms with Gasteiger partial charge >= 0.3 is 6.09 Å². The van der Waals surface area contributed by atoms with Gasteiger partial charge in [-0.3, -0.25) is 4.79 Å². The van der Waals surface area contributed by atoms with Gasteiger partial charge in [0.25, 0.3) is 5.91 Å². The molecule has 2 N–H and O–H groups in total. The molecule has 0 aliphatic rings. The monoisotopic (exact) mass is 521 g/mol. The summed E-state index contributed by atoms with van der Waals surface area (Å²) in [6.45, 7) is 2.28. The Hall–Kier alpha value is -4.09. The SMILES string of the molecule is COCC(Cc1ccccc1)(NC(=O)O)c1nnc(-c2cccc(C(=O)N(C)Cc3nc(C)cs3)c2)o1. The highest BCUT2D eigenvalue weighted by Crippen LogP contribution is 2.29. The van der Waals surface area contributed by atoms with Crippen LogP contribution in [0.25, 0.3) is 11.5 Å². The lowest BCUT2D eigenvalue weighted by Gasteiger charge is -2.29. The topological polar surface area (TPSA) is 131 Å². The Balaban J connectivity index is 1.61. The Morgan fingerprint density at radius 3 is 2.62 bits per heavy atom. The number of carboxylic acid groups (broad SMARTS) is 1. The molecule has 192 valence electrons. The molecule has 10 nitrogen and oxygen atoms in total. The summed E-state index contributed by atoms with van der Waals surface area (Å²) in [6, 6.07) is 16.2. The predicted octanol–water partition coefficient (Wildman–Crippen LogP) is 4.13. The molecule has 0 saturated heterocycles. The van der Waals surface area contributed by atoms with Crippen molar-refractivity contribution in [2.45, 2.75) is 25.4 Å². The maximum Gasteiger partial charge on any atom is 0.405 e. The van der Waals surface area contributed by atoms with Crippen LogP contribution in [0, 0.1) is 6.92 Å². The summed E-state index contributed by atoms with van der Waals surface area (Å²) in [4.78, 5) is 30.8. The van der Waals surface area contributed by atoms with Crippen LogP contribution in [0.4, 0.5) is 4.79 Å². The molecule has 0 saturated carbocycles. The van der Waals surface area contributed by atoms with Crippen LogP contribution in [-0.2, 0) is 23.2 Å². The lowest BCUT2D eigenvalue weighted by Crippen LogP contribution is -2.50. The van der Waals surface area contributed by atoms with Crippen molar-refractivity contribution in [2.75, 3.05) is 20.8 Å². The van der Waals surface area contributed by atoms with Crippen LogP contribution >= 0.6 is 11.3 Å². The molecule has 0 fully saturated rings. The van der Waals surface area contributed by atoms with Gasteiger partial charge in [-0.05, 0) is 30.7 Å². The normalized spacial score (nSPS) is 12.6. The molecule has 1 unspecified atom stereocenters. The highest BCUT2D eigenvalue weighted by Gasteiger charge is 2.40. The van der Waals surface area contributed by atoms with Crippen LogP contribution in [0.2, 0.25) is 0 Å². The van der Waals surface area contributed by atoms with Crippen molar-refractivity contribution in [3.05, 3.63) is 87.7 Å². The molecule has 0 spiro atoms. The summed E-state index contributed by atoms with van der Waals surface area (Å²) in [6.07, 6.45) is -1.02. The van der Waals surface area contributed by atoms with E-state index in [4.69, 9.17) is 9.15 Å². The van der Waals surface area contributed by atoms with Crippen molar-refractivity contribution in [3.63, 3.8) is 0 Å². The Morgan fingerprint density at radius 1 is 1.16 bits per heavy atom. The second kappa shape index (κ2) is 11.3. The largest absolute Gasteiger partial charge is 0.465 e. The molecule has 0 aliphatic heterocycles. The van der Waals surface area contributed by atoms with E-state index in [9.17, 15) is 14.7 Å². The van der Waals surface area contributed by atoms with E-state index in [1.807, 2.05) is 42.6 Å². The molecule has 0 bridgehead atoms. The molecule has 2 aromatic heterocycles. The zero-order chi connectivity index (χ0) is 26.4. The van der Waals surface area contributed by atoms with Gasteiger partial charge in [0.1, 0.15) is 10.5 Å². The number of carbonyl (C=O) groups excluding carboxylic acids is 1. The molecule has 11 heteroatoms. The number of methoxy groups -OCH3 is 1. The fraction of sp³-hybridized carbons (Fsp3) is 0.269. The summed E-state index contributed by atoms with van der Waals surface area (Å²) in [7, 11) is 3.19. The minimum absolute atomic E-state index is 0.0324. The first-order valence-electron chi connectivity index (χ1n) is 11.4. The van der Waals surface area contributed by atoms with Gasteiger partial charge in [0, 0.05) is 42.8 Å². The standard InChI is InChI=1S/C26H27N5O5S/c1-17-15-37-21(27-17)14-31(2)23(32)20-11-7-10-19(12-20)22-29-30-24(36-22)26(16-35-3,28-25(33)34)13-18-8-5-4-6-9-18/h4-12,15,28H,13-14,16H2,1-3H3,(H,33,34). The minimum Gasteiger partial charge on any atom is -0.465 e. The van der Waals surface area contributed by atoms with Crippen molar-refractivity contribution in [3.8, 4) is 11.5 Å². The lowest BCUT2D eigenvalue weighted by atomic mass is 9.91. The van der Waals surface area contributed by atoms with E-state index in [1.54, 1.807) is 36.2 Å². The number of nitrogens with zero attached hydrogens (tertiary/aromatic N) is 4. The number of hydrogen-bond donors (Lipinski definition) is 2. The van der Waals surface area contributed by atoms with Crippen LogP contribution in [0.1, 0.15) is 32.5 Å². The summed E-state index contributed by atoms with van der Waals surface area (Å²) < 4.78 is 11.4. The van der Waals surface area contributed by atoms with Crippen molar-refractivity contribution in [1.29, 1.82) is 0 Å². The fourth-order valence-electron chi connectivity index (χ4n) is 4.01. The third kappa shape index (κ3) is 6.19. The lowest BCUT2D eigenvalue weighted by molar-refractivity contribution is 0.0784. The van der Waals surface area contributed by atoms with E-state index in [0.717, 1.165) is 16.3 Å². The Morgan fingerprint density at radius 2 is 1.95 bits per heavy atom. The smallest absolute Gasteiger partial charge is 0.405 e. The van der Waals surface area contributed by atoms with Crippen LogP contribution in [0.15, 0.2) is 64.4 Å². The van der Waals surface area contributed by atoms with Crippen molar-refractivity contribution >= 4 is 23.3 Å². The molecular weight excluding hydrogens is 494 g/mol. The first-order chi connectivity index (χ1) is 17.8.